The molecule has 0 bridgehead atoms. The van der Waals surface area contributed by atoms with Gasteiger partial charge in [0.15, 0.2) is 0 Å². The van der Waals surface area contributed by atoms with Crippen LogP contribution in [0.1, 0.15) is 12.6 Å². The predicted molar refractivity (Wildman–Crippen MR) is 58.1 cm³/mol. The van der Waals surface area contributed by atoms with Gasteiger partial charge in [-0.1, -0.05) is 0 Å². The van der Waals surface area contributed by atoms with Crippen LogP contribution in [0.3, 0.4) is 0 Å². The summed E-state index contributed by atoms with van der Waals surface area (Å²) in [5.74, 6) is 0. The van der Waals surface area contributed by atoms with E-state index in [1.807, 2.05) is 19.1 Å². The highest BCUT2D eigenvalue weighted by Gasteiger charge is 1.94. The van der Waals surface area contributed by atoms with Gasteiger partial charge in [-0.2, -0.15) is 0 Å². The Morgan fingerprint density at radius 3 is 2.71 bits per heavy atom. The highest BCUT2D eigenvalue weighted by atomic mass is 79.9. The van der Waals surface area contributed by atoms with Gasteiger partial charge in [0.25, 0.3) is 0 Å². The van der Waals surface area contributed by atoms with Gasteiger partial charge < -0.3 is 9.47 Å². The van der Waals surface area contributed by atoms with Crippen molar-refractivity contribution in [3.8, 4) is 0 Å². The second-order valence-corrected chi connectivity index (χ2v) is 3.63. The van der Waals surface area contributed by atoms with E-state index in [2.05, 4.69) is 20.9 Å². The Morgan fingerprint density at radius 1 is 1.29 bits per heavy atom. The molecule has 0 aliphatic heterocycles. The molecule has 0 aliphatic rings. The highest BCUT2D eigenvalue weighted by Crippen LogP contribution is 2.07. The quantitative estimate of drug-likeness (QED) is 0.736. The van der Waals surface area contributed by atoms with Gasteiger partial charge in [0.2, 0.25) is 0 Å². The van der Waals surface area contributed by atoms with E-state index in [1.54, 1.807) is 6.20 Å². The van der Waals surface area contributed by atoms with E-state index in [-0.39, 0.29) is 0 Å². The molecule has 0 saturated carbocycles. The summed E-state index contributed by atoms with van der Waals surface area (Å²) in [5, 5.41) is 0. The van der Waals surface area contributed by atoms with Crippen molar-refractivity contribution in [2.45, 2.75) is 13.5 Å². The Bertz CT molecular complexity index is 251. The molecule has 78 valence electrons. The van der Waals surface area contributed by atoms with Gasteiger partial charge in [0.1, 0.15) is 0 Å². The maximum atomic E-state index is 5.36. The van der Waals surface area contributed by atoms with E-state index >= 15 is 0 Å². The normalized spacial score (nSPS) is 10.4. The van der Waals surface area contributed by atoms with Crippen molar-refractivity contribution in [3.63, 3.8) is 0 Å². The van der Waals surface area contributed by atoms with Crippen LogP contribution in [-0.2, 0) is 16.1 Å². The molecule has 0 atom stereocenters. The molecular weight excluding hydrogens is 246 g/mol. The van der Waals surface area contributed by atoms with Crippen molar-refractivity contribution in [2.75, 3.05) is 19.8 Å². The van der Waals surface area contributed by atoms with Gasteiger partial charge >= 0.3 is 0 Å². The zero-order valence-corrected chi connectivity index (χ0v) is 9.79. The molecule has 0 unspecified atom stereocenters. The molecule has 0 aliphatic carbocycles. The molecule has 0 fully saturated rings. The smallest absolute Gasteiger partial charge is 0.0889 e. The molecule has 1 aromatic heterocycles. The van der Waals surface area contributed by atoms with E-state index in [1.165, 1.54) is 0 Å². The molecule has 0 spiro atoms. The summed E-state index contributed by atoms with van der Waals surface area (Å²) >= 11 is 3.32. The second kappa shape index (κ2) is 6.92. The molecule has 1 rings (SSSR count). The molecule has 3 nitrogen and oxygen atoms in total. The highest BCUT2D eigenvalue weighted by molar-refractivity contribution is 9.10. The number of ether oxygens (including phenoxy) is 2. The standard InChI is InChI=1S/C10H14BrNO2/c1-2-13-5-6-14-8-10-4-3-9(11)7-12-10/h3-4,7H,2,5-6,8H2,1H3. The number of halogens is 1. The van der Waals surface area contributed by atoms with Crippen molar-refractivity contribution in [2.24, 2.45) is 0 Å². The summed E-state index contributed by atoms with van der Waals surface area (Å²) in [6, 6.07) is 3.89. The van der Waals surface area contributed by atoms with E-state index in [0.29, 0.717) is 19.8 Å². The fraction of sp³-hybridized carbons (Fsp3) is 0.500. The Hall–Kier alpha value is -0.450. The van der Waals surface area contributed by atoms with Gasteiger partial charge in [-0.25, -0.2) is 0 Å². The van der Waals surface area contributed by atoms with Gasteiger partial charge in [0, 0.05) is 17.3 Å². The third kappa shape index (κ3) is 4.69. The lowest BCUT2D eigenvalue weighted by Gasteiger charge is -2.03. The lowest BCUT2D eigenvalue weighted by molar-refractivity contribution is 0.0441. The Morgan fingerprint density at radius 2 is 2.07 bits per heavy atom. The maximum absolute atomic E-state index is 5.36. The van der Waals surface area contributed by atoms with Crippen molar-refractivity contribution in [3.05, 3.63) is 28.5 Å². The van der Waals surface area contributed by atoms with Gasteiger partial charge in [-0.3, -0.25) is 4.98 Å². The number of rotatable bonds is 6. The average Bonchev–Trinajstić information content (AvgIpc) is 2.21. The lowest BCUT2D eigenvalue weighted by atomic mass is 10.4. The van der Waals surface area contributed by atoms with Crippen LogP contribution in [-0.4, -0.2) is 24.8 Å². The number of pyridine rings is 1. The number of aromatic nitrogens is 1. The predicted octanol–water partition coefficient (Wildman–Crippen LogP) is 2.40. The van der Waals surface area contributed by atoms with Crippen molar-refractivity contribution >= 4 is 15.9 Å². The summed E-state index contributed by atoms with van der Waals surface area (Å²) in [5.41, 5.74) is 0.935. The molecule has 0 saturated heterocycles. The van der Waals surface area contributed by atoms with Crippen LogP contribution in [0, 0.1) is 0 Å². The zero-order chi connectivity index (χ0) is 10.2. The minimum atomic E-state index is 0.542. The first-order chi connectivity index (χ1) is 6.83. The summed E-state index contributed by atoms with van der Waals surface area (Å²) in [4.78, 5) is 4.18. The van der Waals surface area contributed by atoms with Crippen LogP contribution in [0.25, 0.3) is 0 Å². The van der Waals surface area contributed by atoms with Crippen LogP contribution >= 0.6 is 15.9 Å². The first kappa shape index (κ1) is 11.6. The summed E-state index contributed by atoms with van der Waals surface area (Å²) in [7, 11) is 0. The maximum Gasteiger partial charge on any atom is 0.0889 e. The topological polar surface area (TPSA) is 31.4 Å². The zero-order valence-electron chi connectivity index (χ0n) is 8.20. The first-order valence-electron chi connectivity index (χ1n) is 4.59. The van der Waals surface area contributed by atoms with Crippen LogP contribution in [0.2, 0.25) is 0 Å². The number of nitrogens with zero attached hydrogens (tertiary/aromatic N) is 1. The summed E-state index contributed by atoms with van der Waals surface area (Å²) < 4.78 is 11.5. The largest absolute Gasteiger partial charge is 0.379 e. The fourth-order valence-corrected chi connectivity index (χ4v) is 1.17. The summed E-state index contributed by atoms with van der Waals surface area (Å²) in [6.45, 7) is 4.51. The number of hydrogen-bond donors (Lipinski definition) is 0. The molecule has 1 heterocycles. The Balaban J connectivity index is 2.15. The summed E-state index contributed by atoms with van der Waals surface area (Å²) in [6.07, 6.45) is 1.77. The van der Waals surface area contributed by atoms with Crippen molar-refractivity contribution < 1.29 is 9.47 Å². The van der Waals surface area contributed by atoms with Gasteiger partial charge in [-0.15, -0.1) is 0 Å². The SMILES string of the molecule is CCOCCOCc1ccc(Br)cn1. The first-order valence-corrected chi connectivity index (χ1v) is 5.38. The van der Waals surface area contributed by atoms with Gasteiger partial charge in [0.05, 0.1) is 25.5 Å². The van der Waals surface area contributed by atoms with E-state index in [9.17, 15) is 0 Å². The van der Waals surface area contributed by atoms with Crippen LogP contribution in [0.15, 0.2) is 22.8 Å². The van der Waals surface area contributed by atoms with Crippen LogP contribution in [0.5, 0.6) is 0 Å². The Kier molecular flexibility index (Phi) is 5.75. The number of hydrogen-bond acceptors (Lipinski definition) is 3. The molecule has 0 aromatic carbocycles. The third-order valence-corrected chi connectivity index (χ3v) is 2.08. The molecule has 0 amide bonds. The minimum Gasteiger partial charge on any atom is -0.379 e. The Labute approximate surface area is 92.6 Å². The molecule has 0 radical (unpaired) electrons. The van der Waals surface area contributed by atoms with E-state index < -0.39 is 0 Å². The van der Waals surface area contributed by atoms with Gasteiger partial charge in [-0.05, 0) is 35.0 Å². The monoisotopic (exact) mass is 259 g/mol. The molecule has 4 heteroatoms. The molecule has 0 N–H and O–H groups in total. The van der Waals surface area contributed by atoms with Crippen molar-refractivity contribution in [1.82, 2.24) is 4.98 Å². The lowest BCUT2D eigenvalue weighted by Crippen LogP contribution is -2.04. The molecular formula is C10H14BrNO2. The minimum absolute atomic E-state index is 0.542. The van der Waals surface area contributed by atoms with Crippen LogP contribution in [0.4, 0.5) is 0 Å². The average molecular weight is 260 g/mol. The second-order valence-electron chi connectivity index (χ2n) is 2.72. The molecule has 1 aromatic rings. The van der Waals surface area contributed by atoms with E-state index in [4.69, 9.17) is 9.47 Å². The molecule has 14 heavy (non-hydrogen) atoms. The van der Waals surface area contributed by atoms with Crippen molar-refractivity contribution in [1.29, 1.82) is 0 Å². The fourth-order valence-electron chi connectivity index (χ4n) is 0.931. The third-order valence-electron chi connectivity index (χ3n) is 1.61. The van der Waals surface area contributed by atoms with Crippen LogP contribution < -0.4 is 0 Å². The van der Waals surface area contributed by atoms with E-state index in [0.717, 1.165) is 16.8 Å².